The molecule has 0 heterocycles. The van der Waals surface area contributed by atoms with Gasteiger partial charge < -0.3 is 15.0 Å². The standard InChI is InChI=1S/C17H23NO4S/c19-16(9-10-18-17(20)21)14-7-4-8-15(11-14)23(22)12-13-5-2-1-3-6-13/h4,7-8,11,13,18H,1-3,5-6,9-10,12H2,(H,20,21). The summed E-state index contributed by atoms with van der Waals surface area (Å²) in [4.78, 5) is 23.1. The summed E-state index contributed by atoms with van der Waals surface area (Å²) >= 11 is -1.08. The van der Waals surface area contributed by atoms with E-state index in [1.807, 2.05) is 0 Å². The number of hydrogen-bond acceptors (Lipinski definition) is 3. The number of benzene rings is 1. The molecule has 0 radical (unpaired) electrons. The van der Waals surface area contributed by atoms with E-state index in [0.29, 0.717) is 22.1 Å². The van der Waals surface area contributed by atoms with E-state index in [1.54, 1.807) is 24.3 Å². The number of Topliss-reactive ketones (excluding diaryl/α,β-unsaturated/α-hetero) is 1. The molecule has 1 aliphatic carbocycles. The minimum atomic E-state index is -1.14. The number of carbonyl (C=O) groups is 2. The van der Waals surface area contributed by atoms with Crippen LogP contribution in [0, 0.1) is 5.92 Å². The third kappa shape index (κ3) is 5.88. The van der Waals surface area contributed by atoms with Crippen molar-refractivity contribution in [3.8, 4) is 0 Å². The van der Waals surface area contributed by atoms with E-state index in [4.69, 9.17) is 5.11 Å². The van der Waals surface area contributed by atoms with Crippen molar-refractivity contribution >= 4 is 23.1 Å². The molecule has 5 nitrogen and oxygen atoms in total. The molecule has 1 atom stereocenters. The molecule has 1 aromatic rings. The Hall–Kier alpha value is -1.53. The molecule has 0 bridgehead atoms. The molecule has 2 rings (SSSR count). The SMILES string of the molecule is O=C(O)NCCC(=O)c1cccc([S+]([O-])CC2CCCCC2)c1. The quantitative estimate of drug-likeness (QED) is 0.590. The smallest absolute Gasteiger partial charge is 0.404 e. The van der Waals surface area contributed by atoms with Crippen molar-refractivity contribution < 1.29 is 19.2 Å². The second-order valence-corrected chi connectivity index (χ2v) is 7.44. The lowest BCUT2D eigenvalue weighted by Gasteiger charge is -2.22. The first kappa shape index (κ1) is 17.8. The van der Waals surface area contributed by atoms with Gasteiger partial charge in [0.25, 0.3) is 0 Å². The average molecular weight is 337 g/mol. The predicted octanol–water partition coefficient (Wildman–Crippen LogP) is 3.21. The molecular formula is C17H23NO4S. The fourth-order valence-corrected chi connectivity index (χ4v) is 4.35. The second kappa shape index (κ2) is 8.93. The van der Waals surface area contributed by atoms with Crippen LogP contribution in [0.5, 0.6) is 0 Å². The van der Waals surface area contributed by atoms with Crippen LogP contribution in [0.4, 0.5) is 4.79 Å². The fraction of sp³-hybridized carbons (Fsp3) is 0.529. The molecule has 1 amide bonds. The lowest BCUT2D eigenvalue weighted by Crippen LogP contribution is -2.24. The van der Waals surface area contributed by atoms with E-state index >= 15 is 0 Å². The van der Waals surface area contributed by atoms with E-state index in [1.165, 1.54) is 19.3 Å². The summed E-state index contributed by atoms with van der Waals surface area (Å²) in [7, 11) is 0. The maximum atomic E-state index is 12.5. The summed E-state index contributed by atoms with van der Waals surface area (Å²) in [5.41, 5.74) is 0.492. The average Bonchev–Trinajstić information content (AvgIpc) is 2.55. The first-order valence-corrected chi connectivity index (χ1v) is 9.36. The third-order valence-electron chi connectivity index (χ3n) is 4.16. The maximum Gasteiger partial charge on any atom is 0.404 e. The van der Waals surface area contributed by atoms with Crippen LogP contribution in [-0.2, 0) is 11.2 Å². The number of hydrogen-bond donors (Lipinski definition) is 2. The van der Waals surface area contributed by atoms with Gasteiger partial charge in [0.1, 0.15) is 5.75 Å². The summed E-state index contributed by atoms with van der Waals surface area (Å²) in [5, 5.41) is 10.7. The van der Waals surface area contributed by atoms with Gasteiger partial charge >= 0.3 is 6.09 Å². The minimum absolute atomic E-state index is 0.0869. The number of carboxylic acid groups (broad SMARTS) is 1. The normalized spacial score (nSPS) is 16.7. The zero-order valence-electron chi connectivity index (χ0n) is 13.1. The monoisotopic (exact) mass is 337 g/mol. The topological polar surface area (TPSA) is 89.5 Å². The van der Waals surface area contributed by atoms with Gasteiger partial charge in [-0.15, -0.1) is 0 Å². The zero-order chi connectivity index (χ0) is 16.7. The van der Waals surface area contributed by atoms with Gasteiger partial charge in [-0.1, -0.05) is 31.4 Å². The highest BCUT2D eigenvalue weighted by molar-refractivity contribution is 7.91. The third-order valence-corrected chi connectivity index (χ3v) is 5.71. The highest BCUT2D eigenvalue weighted by atomic mass is 32.2. The van der Waals surface area contributed by atoms with Gasteiger partial charge in [0.15, 0.2) is 10.7 Å². The highest BCUT2D eigenvalue weighted by Gasteiger charge is 2.22. The van der Waals surface area contributed by atoms with E-state index < -0.39 is 17.3 Å². The van der Waals surface area contributed by atoms with Gasteiger partial charge in [0.2, 0.25) is 0 Å². The summed E-state index contributed by atoms with van der Waals surface area (Å²) in [5.74, 6) is 1.04. The Balaban J connectivity index is 1.92. The van der Waals surface area contributed by atoms with E-state index in [-0.39, 0.29) is 18.7 Å². The van der Waals surface area contributed by atoms with Crippen LogP contribution in [-0.4, -0.2) is 33.8 Å². The Bertz CT molecular complexity index is 543. The van der Waals surface area contributed by atoms with E-state index in [2.05, 4.69) is 5.32 Å². The van der Waals surface area contributed by atoms with Crippen molar-refractivity contribution in [2.24, 2.45) is 5.92 Å². The molecule has 2 N–H and O–H groups in total. The van der Waals surface area contributed by atoms with Crippen molar-refractivity contribution in [2.75, 3.05) is 12.3 Å². The zero-order valence-corrected chi connectivity index (χ0v) is 13.9. The summed E-state index contributed by atoms with van der Waals surface area (Å²) < 4.78 is 12.5. The van der Waals surface area contributed by atoms with Gasteiger partial charge in [-0.25, -0.2) is 4.79 Å². The molecule has 0 aromatic heterocycles. The number of rotatable bonds is 7. The summed E-state index contributed by atoms with van der Waals surface area (Å²) in [6.45, 7) is 0.0869. The van der Waals surface area contributed by atoms with Crippen LogP contribution in [0.15, 0.2) is 29.2 Å². The van der Waals surface area contributed by atoms with E-state index in [9.17, 15) is 14.1 Å². The second-order valence-electron chi connectivity index (χ2n) is 5.95. The predicted molar refractivity (Wildman–Crippen MR) is 89.3 cm³/mol. The molecule has 1 unspecified atom stereocenters. The molecule has 0 spiro atoms. The first-order valence-electron chi connectivity index (χ1n) is 8.04. The van der Waals surface area contributed by atoms with Crippen LogP contribution in [0.2, 0.25) is 0 Å². The van der Waals surface area contributed by atoms with Crippen LogP contribution >= 0.6 is 0 Å². The van der Waals surface area contributed by atoms with Gasteiger partial charge in [0, 0.05) is 30.5 Å². The Morgan fingerprint density at radius 1 is 1.26 bits per heavy atom. The maximum absolute atomic E-state index is 12.5. The van der Waals surface area contributed by atoms with E-state index in [0.717, 1.165) is 12.8 Å². The summed E-state index contributed by atoms with van der Waals surface area (Å²) in [6.07, 6.45) is 4.97. The molecule has 6 heteroatoms. The van der Waals surface area contributed by atoms with Crippen LogP contribution in [0.1, 0.15) is 48.9 Å². The number of ketones is 1. The first-order chi connectivity index (χ1) is 11.1. The lowest BCUT2D eigenvalue weighted by molar-refractivity contribution is 0.0982. The van der Waals surface area contributed by atoms with Gasteiger partial charge in [-0.2, -0.15) is 0 Å². The highest BCUT2D eigenvalue weighted by Crippen LogP contribution is 2.27. The Kier molecular flexibility index (Phi) is 6.92. The number of carbonyl (C=O) groups excluding carboxylic acids is 1. The molecule has 1 aliphatic rings. The Morgan fingerprint density at radius 2 is 2.00 bits per heavy atom. The Labute approximate surface area is 139 Å². The molecule has 126 valence electrons. The number of nitrogens with one attached hydrogen (secondary N) is 1. The minimum Gasteiger partial charge on any atom is -0.611 e. The lowest BCUT2D eigenvalue weighted by atomic mass is 9.91. The van der Waals surface area contributed by atoms with Gasteiger partial charge in [0.05, 0.1) is 0 Å². The molecule has 1 aromatic carbocycles. The van der Waals surface area contributed by atoms with Crippen LogP contribution < -0.4 is 5.32 Å². The van der Waals surface area contributed by atoms with Crippen molar-refractivity contribution in [3.63, 3.8) is 0 Å². The molecule has 23 heavy (non-hydrogen) atoms. The fourth-order valence-electron chi connectivity index (χ4n) is 2.90. The van der Waals surface area contributed by atoms with Crippen LogP contribution in [0.25, 0.3) is 0 Å². The van der Waals surface area contributed by atoms with Crippen molar-refractivity contribution in [1.29, 1.82) is 0 Å². The molecule has 0 saturated heterocycles. The molecule has 0 aliphatic heterocycles. The van der Waals surface area contributed by atoms with Gasteiger partial charge in [-0.05, 0) is 30.1 Å². The van der Waals surface area contributed by atoms with Crippen molar-refractivity contribution in [3.05, 3.63) is 29.8 Å². The summed E-state index contributed by atoms with van der Waals surface area (Å²) in [6, 6.07) is 6.91. The van der Waals surface area contributed by atoms with Crippen LogP contribution in [0.3, 0.4) is 0 Å². The number of amides is 1. The van der Waals surface area contributed by atoms with Crippen molar-refractivity contribution in [1.82, 2.24) is 5.32 Å². The van der Waals surface area contributed by atoms with Crippen molar-refractivity contribution in [2.45, 2.75) is 43.4 Å². The molecule has 1 fully saturated rings. The molecule has 1 saturated carbocycles. The largest absolute Gasteiger partial charge is 0.611 e. The Morgan fingerprint density at radius 3 is 2.70 bits per heavy atom. The van der Waals surface area contributed by atoms with Gasteiger partial charge in [-0.3, -0.25) is 4.79 Å². The molecular weight excluding hydrogens is 314 g/mol.